The van der Waals surface area contributed by atoms with Gasteiger partial charge in [-0.2, -0.15) is 0 Å². The van der Waals surface area contributed by atoms with Crippen molar-refractivity contribution in [1.29, 1.82) is 0 Å². The van der Waals surface area contributed by atoms with Crippen molar-refractivity contribution >= 4 is 23.8 Å². The van der Waals surface area contributed by atoms with Crippen LogP contribution in [0.1, 0.15) is 40.3 Å². The quantitative estimate of drug-likeness (QED) is 0.0853. The van der Waals surface area contributed by atoms with Crippen molar-refractivity contribution in [2.45, 2.75) is 68.8 Å². The summed E-state index contributed by atoms with van der Waals surface area (Å²) in [5.74, 6) is -1.65. The molecule has 5 rings (SSSR count). The standard InChI is InChI=1S/C40H45N5O8/c1-52-29-18-16-26(17-19-29)23-42-36(39(50)45-35-30-15-9-8-14-28(30)21-33(35)46)37(48)31(20-25-10-4-2-5-11-25)43-38(49)32(22-34(41)47)44-40(51)53-24-27-12-6-3-7-13-27/h2-19,31-33,35-37,42,46,48H,20-24H2,1H3,(H2,41,47)(H,43,49)(H,44,51)(H,45,50)/t31-,32?,33?,35?,36+,37+/m0/s1. The van der Waals surface area contributed by atoms with Crippen molar-refractivity contribution in [3.05, 3.63) is 137 Å². The summed E-state index contributed by atoms with van der Waals surface area (Å²) in [7, 11) is 1.55. The predicted molar refractivity (Wildman–Crippen MR) is 196 cm³/mol. The number of amides is 4. The van der Waals surface area contributed by atoms with Gasteiger partial charge in [0.15, 0.2) is 0 Å². The Bertz CT molecular complexity index is 1830. The summed E-state index contributed by atoms with van der Waals surface area (Å²) < 4.78 is 10.5. The number of aliphatic hydroxyl groups is 2. The van der Waals surface area contributed by atoms with Crippen molar-refractivity contribution in [1.82, 2.24) is 21.3 Å². The van der Waals surface area contributed by atoms with E-state index in [1.165, 1.54) is 0 Å². The van der Waals surface area contributed by atoms with Gasteiger partial charge < -0.3 is 41.4 Å². The molecule has 4 amide bonds. The van der Waals surface area contributed by atoms with Gasteiger partial charge in [-0.25, -0.2) is 4.79 Å². The van der Waals surface area contributed by atoms with Crippen LogP contribution in [0.15, 0.2) is 109 Å². The Morgan fingerprint density at radius 2 is 1.45 bits per heavy atom. The molecule has 0 saturated carbocycles. The van der Waals surface area contributed by atoms with Gasteiger partial charge in [0.1, 0.15) is 24.4 Å². The van der Waals surface area contributed by atoms with Gasteiger partial charge in [0.2, 0.25) is 17.7 Å². The molecular weight excluding hydrogens is 678 g/mol. The Hall–Kier alpha value is -5.76. The number of hydrogen-bond acceptors (Lipinski definition) is 9. The van der Waals surface area contributed by atoms with Gasteiger partial charge >= 0.3 is 6.09 Å². The number of primary amides is 1. The van der Waals surface area contributed by atoms with Crippen molar-refractivity contribution < 1.29 is 38.9 Å². The zero-order chi connectivity index (χ0) is 37.7. The normalized spacial score (nSPS) is 17.0. The van der Waals surface area contributed by atoms with E-state index in [-0.39, 0.29) is 19.6 Å². The topological polar surface area (TPSA) is 201 Å². The lowest BCUT2D eigenvalue weighted by atomic mass is 9.94. The van der Waals surface area contributed by atoms with E-state index in [0.717, 1.165) is 22.3 Å². The molecular formula is C40H45N5O8. The van der Waals surface area contributed by atoms with E-state index in [9.17, 15) is 29.4 Å². The van der Waals surface area contributed by atoms with E-state index in [1.54, 1.807) is 67.8 Å². The second kappa shape index (κ2) is 18.6. The molecule has 0 heterocycles. The van der Waals surface area contributed by atoms with E-state index in [1.807, 2.05) is 48.5 Å². The van der Waals surface area contributed by atoms with Crippen LogP contribution in [-0.2, 0) is 45.1 Å². The van der Waals surface area contributed by atoms with Gasteiger partial charge in [-0.3, -0.25) is 19.7 Å². The van der Waals surface area contributed by atoms with Gasteiger partial charge in [0.25, 0.3) is 0 Å². The summed E-state index contributed by atoms with van der Waals surface area (Å²) >= 11 is 0. The highest BCUT2D eigenvalue weighted by atomic mass is 16.5. The molecule has 13 heteroatoms. The highest BCUT2D eigenvalue weighted by Gasteiger charge is 2.39. The fraction of sp³-hybridized carbons (Fsp3) is 0.300. The number of aliphatic hydroxyl groups excluding tert-OH is 2. The minimum atomic E-state index is -1.56. The predicted octanol–water partition coefficient (Wildman–Crippen LogP) is 2.19. The molecule has 4 aromatic carbocycles. The molecule has 0 bridgehead atoms. The van der Waals surface area contributed by atoms with Crippen LogP contribution in [0.5, 0.6) is 5.75 Å². The molecule has 1 aliphatic carbocycles. The van der Waals surface area contributed by atoms with E-state index in [2.05, 4.69) is 21.3 Å². The molecule has 0 saturated heterocycles. The largest absolute Gasteiger partial charge is 0.497 e. The summed E-state index contributed by atoms with van der Waals surface area (Å²) in [5, 5.41) is 34.2. The van der Waals surface area contributed by atoms with Gasteiger partial charge in [0.05, 0.1) is 37.8 Å². The first-order chi connectivity index (χ1) is 25.6. The zero-order valence-electron chi connectivity index (χ0n) is 29.3. The van der Waals surface area contributed by atoms with Crippen LogP contribution in [0.25, 0.3) is 0 Å². The monoisotopic (exact) mass is 723 g/mol. The molecule has 8 N–H and O–H groups in total. The Balaban J connectivity index is 1.39. The van der Waals surface area contributed by atoms with Crippen molar-refractivity contribution in [3.63, 3.8) is 0 Å². The van der Waals surface area contributed by atoms with Gasteiger partial charge in [-0.15, -0.1) is 0 Å². The van der Waals surface area contributed by atoms with Crippen LogP contribution in [0.3, 0.4) is 0 Å². The maximum absolute atomic E-state index is 14.2. The number of methoxy groups -OCH3 is 1. The van der Waals surface area contributed by atoms with Crippen LogP contribution in [0.2, 0.25) is 0 Å². The minimum absolute atomic E-state index is 0.0678. The number of ether oxygens (including phenoxy) is 2. The number of nitrogens with one attached hydrogen (secondary N) is 4. The lowest BCUT2D eigenvalue weighted by molar-refractivity contribution is -0.131. The Labute approximate surface area is 307 Å². The van der Waals surface area contributed by atoms with E-state index in [0.29, 0.717) is 17.7 Å². The third-order valence-corrected chi connectivity index (χ3v) is 9.08. The minimum Gasteiger partial charge on any atom is -0.497 e. The fourth-order valence-electron chi connectivity index (χ4n) is 6.29. The fourth-order valence-corrected chi connectivity index (χ4v) is 6.29. The molecule has 53 heavy (non-hydrogen) atoms. The molecule has 0 aliphatic heterocycles. The average molecular weight is 724 g/mol. The number of benzene rings is 4. The van der Waals surface area contributed by atoms with Gasteiger partial charge in [-0.1, -0.05) is 97.1 Å². The third kappa shape index (κ3) is 10.9. The molecule has 6 atom stereocenters. The van der Waals surface area contributed by atoms with Crippen LogP contribution < -0.4 is 31.7 Å². The maximum atomic E-state index is 14.2. The summed E-state index contributed by atoms with van der Waals surface area (Å²) in [5.41, 5.74) is 9.35. The number of rotatable bonds is 17. The molecule has 4 aromatic rings. The highest BCUT2D eigenvalue weighted by molar-refractivity contribution is 5.91. The number of carbonyl (C=O) groups excluding carboxylic acids is 4. The third-order valence-electron chi connectivity index (χ3n) is 9.08. The van der Waals surface area contributed by atoms with Crippen LogP contribution in [-0.4, -0.2) is 71.5 Å². The number of hydrogen-bond donors (Lipinski definition) is 7. The van der Waals surface area contributed by atoms with Crippen LogP contribution in [0, 0.1) is 0 Å². The van der Waals surface area contributed by atoms with Crippen LogP contribution in [0.4, 0.5) is 4.79 Å². The highest BCUT2D eigenvalue weighted by Crippen LogP contribution is 2.31. The number of carbonyl (C=O) groups is 4. The molecule has 0 fully saturated rings. The van der Waals surface area contributed by atoms with Crippen molar-refractivity contribution in [2.24, 2.45) is 5.73 Å². The maximum Gasteiger partial charge on any atom is 0.408 e. The Kier molecular flexibility index (Phi) is 13.5. The summed E-state index contributed by atoms with van der Waals surface area (Å²) in [4.78, 5) is 52.8. The Morgan fingerprint density at radius 3 is 2.11 bits per heavy atom. The average Bonchev–Trinajstić information content (AvgIpc) is 3.48. The van der Waals surface area contributed by atoms with Gasteiger partial charge in [-0.05, 0) is 46.4 Å². The SMILES string of the molecule is COc1ccc(CN[C@@H](C(=O)NC2c3ccccc3CC2O)[C@H](O)[C@H](Cc2ccccc2)NC(=O)C(CC(N)=O)NC(=O)OCc2ccccc2)cc1. The number of alkyl carbamates (subject to hydrolysis) is 1. The number of fused-ring (bicyclic) bond motifs is 1. The second-order valence-electron chi connectivity index (χ2n) is 12.9. The second-order valence-corrected chi connectivity index (χ2v) is 12.9. The van der Waals surface area contributed by atoms with Crippen LogP contribution >= 0.6 is 0 Å². The molecule has 0 radical (unpaired) electrons. The summed E-state index contributed by atoms with van der Waals surface area (Å²) in [6.07, 6.45) is -3.55. The lowest BCUT2D eigenvalue weighted by Gasteiger charge is -2.33. The van der Waals surface area contributed by atoms with E-state index >= 15 is 0 Å². The summed E-state index contributed by atoms with van der Waals surface area (Å²) in [6, 6.07) is 27.9. The first-order valence-corrected chi connectivity index (χ1v) is 17.3. The van der Waals surface area contributed by atoms with Crippen molar-refractivity contribution in [3.8, 4) is 5.75 Å². The zero-order valence-corrected chi connectivity index (χ0v) is 29.3. The van der Waals surface area contributed by atoms with Crippen molar-refractivity contribution in [2.75, 3.05) is 7.11 Å². The smallest absolute Gasteiger partial charge is 0.408 e. The summed E-state index contributed by atoms with van der Waals surface area (Å²) in [6.45, 7) is 0.0673. The molecule has 278 valence electrons. The Morgan fingerprint density at radius 1 is 0.811 bits per heavy atom. The first kappa shape index (κ1) is 38.5. The van der Waals surface area contributed by atoms with E-state index < -0.39 is 66.6 Å². The molecule has 1 aliphatic rings. The van der Waals surface area contributed by atoms with Gasteiger partial charge in [0, 0.05) is 13.0 Å². The number of nitrogens with two attached hydrogens (primary N) is 1. The lowest BCUT2D eigenvalue weighted by Crippen LogP contribution is -2.61. The molecule has 3 unspecified atom stereocenters. The molecule has 13 nitrogen and oxygen atoms in total. The van der Waals surface area contributed by atoms with E-state index in [4.69, 9.17) is 15.2 Å². The first-order valence-electron chi connectivity index (χ1n) is 17.3. The molecule has 0 spiro atoms. The molecule has 0 aromatic heterocycles.